The Morgan fingerprint density at radius 2 is 1.97 bits per heavy atom. The van der Waals surface area contributed by atoms with Gasteiger partial charge in [0.15, 0.2) is 5.16 Å². The first-order chi connectivity index (χ1) is 15.5. The smallest absolute Gasteiger partial charge is 0.262 e. The Morgan fingerprint density at radius 3 is 2.69 bits per heavy atom. The van der Waals surface area contributed by atoms with Crippen LogP contribution in [0.4, 0.5) is 0 Å². The van der Waals surface area contributed by atoms with Crippen LogP contribution in [0.2, 0.25) is 5.02 Å². The van der Waals surface area contributed by atoms with Crippen LogP contribution in [0, 0.1) is 0 Å². The molecule has 0 bridgehead atoms. The van der Waals surface area contributed by atoms with Gasteiger partial charge in [-0.2, -0.15) is 0 Å². The van der Waals surface area contributed by atoms with Gasteiger partial charge in [0.2, 0.25) is 5.78 Å². The number of aryl methyl sites for hydroxylation is 1. The van der Waals surface area contributed by atoms with Gasteiger partial charge >= 0.3 is 0 Å². The largest absolute Gasteiger partial charge is 0.379 e. The van der Waals surface area contributed by atoms with E-state index in [0.717, 1.165) is 22.0 Å². The SMILES string of the molecule is C=Cc1ccc(CSc2nnc3n(CCCOC(C)C)c(=O)c4cc(Cl)ccc4n23)cc1. The van der Waals surface area contributed by atoms with E-state index in [0.29, 0.717) is 35.8 Å². The van der Waals surface area contributed by atoms with Crippen LogP contribution >= 0.6 is 23.4 Å². The number of fused-ring (bicyclic) bond motifs is 3. The lowest BCUT2D eigenvalue weighted by atomic mass is 10.1. The Kier molecular flexibility index (Phi) is 6.98. The van der Waals surface area contributed by atoms with Gasteiger partial charge in [-0.05, 0) is 49.6 Å². The molecule has 166 valence electrons. The zero-order chi connectivity index (χ0) is 22.7. The van der Waals surface area contributed by atoms with Crippen LogP contribution in [0.1, 0.15) is 31.4 Å². The fourth-order valence-corrected chi connectivity index (χ4v) is 4.56. The first kappa shape index (κ1) is 22.6. The fraction of sp³-hybridized carbons (Fsp3) is 0.292. The highest BCUT2D eigenvalue weighted by atomic mass is 35.5. The van der Waals surface area contributed by atoms with E-state index in [1.807, 2.05) is 42.5 Å². The van der Waals surface area contributed by atoms with Crippen LogP contribution < -0.4 is 5.56 Å². The summed E-state index contributed by atoms with van der Waals surface area (Å²) in [7, 11) is 0. The van der Waals surface area contributed by atoms with Crippen LogP contribution in [0.5, 0.6) is 0 Å². The van der Waals surface area contributed by atoms with Gasteiger partial charge in [0, 0.05) is 23.9 Å². The van der Waals surface area contributed by atoms with Gasteiger partial charge in [0.1, 0.15) is 0 Å². The Morgan fingerprint density at radius 1 is 1.19 bits per heavy atom. The van der Waals surface area contributed by atoms with Gasteiger partial charge in [-0.25, -0.2) is 0 Å². The molecule has 0 amide bonds. The van der Waals surface area contributed by atoms with Crippen molar-refractivity contribution in [3.8, 4) is 0 Å². The van der Waals surface area contributed by atoms with Crippen molar-refractivity contribution >= 4 is 46.1 Å². The number of benzene rings is 2. The van der Waals surface area contributed by atoms with E-state index in [9.17, 15) is 4.79 Å². The van der Waals surface area contributed by atoms with Gasteiger partial charge < -0.3 is 4.74 Å². The molecule has 0 saturated heterocycles. The van der Waals surface area contributed by atoms with Crippen molar-refractivity contribution in [2.24, 2.45) is 0 Å². The average Bonchev–Trinajstić information content (AvgIpc) is 3.21. The highest BCUT2D eigenvalue weighted by Crippen LogP contribution is 2.26. The quantitative estimate of drug-likeness (QED) is 0.241. The third-order valence-corrected chi connectivity index (χ3v) is 6.33. The van der Waals surface area contributed by atoms with Crippen molar-refractivity contribution in [2.45, 2.75) is 43.8 Å². The summed E-state index contributed by atoms with van der Waals surface area (Å²) < 4.78 is 9.25. The van der Waals surface area contributed by atoms with E-state index in [2.05, 4.69) is 28.9 Å². The molecular weight excluding hydrogens is 444 g/mol. The zero-order valence-corrected chi connectivity index (χ0v) is 19.7. The normalized spacial score (nSPS) is 11.6. The first-order valence-electron chi connectivity index (χ1n) is 10.5. The van der Waals surface area contributed by atoms with Crippen LogP contribution in [-0.2, 0) is 17.0 Å². The summed E-state index contributed by atoms with van der Waals surface area (Å²) in [4.78, 5) is 13.2. The number of hydrogen-bond donors (Lipinski definition) is 0. The maximum Gasteiger partial charge on any atom is 0.262 e. The van der Waals surface area contributed by atoms with Crippen molar-refractivity contribution in [1.82, 2.24) is 19.2 Å². The van der Waals surface area contributed by atoms with Crippen molar-refractivity contribution in [3.63, 3.8) is 0 Å². The Bertz CT molecular complexity index is 1310. The topological polar surface area (TPSA) is 61.4 Å². The average molecular weight is 469 g/mol. The number of halogens is 1. The molecule has 0 radical (unpaired) electrons. The molecule has 0 N–H and O–H groups in total. The van der Waals surface area contributed by atoms with E-state index in [1.54, 1.807) is 28.5 Å². The number of ether oxygens (including phenoxy) is 1. The molecule has 2 aromatic carbocycles. The van der Waals surface area contributed by atoms with E-state index < -0.39 is 0 Å². The minimum Gasteiger partial charge on any atom is -0.379 e. The molecule has 8 heteroatoms. The third-order valence-electron chi connectivity index (χ3n) is 5.09. The van der Waals surface area contributed by atoms with E-state index >= 15 is 0 Å². The van der Waals surface area contributed by atoms with Crippen LogP contribution in [0.3, 0.4) is 0 Å². The molecule has 2 aromatic heterocycles. The highest BCUT2D eigenvalue weighted by molar-refractivity contribution is 7.98. The minimum absolute atomic E-state index is 0.122. The lowest BCUT2D eigenvalue weighted by Gasteiger charge is -2.12. The predicted octanol–water partition coefficient (Wildman–Crippen LogP) is 5.45. The predicted molar refractivity (Wildman–Crippen MR) is 132 cm³/mol. The molecule has 0 saturated carbocycles. The molecule has 0 spiro atoms. The molecule has 0 aliphatic carbocycles. The van der Waals surface area contributed by atoms with Crippen molar-refractivity contribution < 1.29 is 4.74 Å². The molecular formula is C24H25ClN4O2S. The van der Waals surface area contributed by atoms with Crippen LogP contribution in [0.25, 0.3) is 22.8 Å². The number of aromatic nitrogens is 4. The lowest BCUT2D eigenvalue weighted by molar-refractivity contribution is 0.0748. The van der Waals surface area contributed by atoms with Crippen molar-refractivity contribution in [1.29, 1.82) is 0 Å². The second-order valence-corrected chi connectivity index (χ2v) is 9.12. The molecule has 4 rings (SSSR count). The monoisotopic (exact) mass is 468 g/mol. The van der Waals surface area contributed by atoms with E-state index in [4.69, 9.17) is 16.3 Å². The molecule has 0 aliphatic heterocycles. The molecule has 0 unspecified atom stereocenters. The zero-order valence-electron chi connectivity index (χ0n) is 18.1. The van der Waals surface area contributed by atoms with Gasteiger partial charge in [0.25, 0.3) is 5.56 Å². The van der Waals surface area contributed by atoms with Gasteiger partial charge in [-0.1, -0.05) is 60.3 Å². The molecule has 0 fully saturated rings. The van der Waals surface area contributed by atoms with Crippen molar-refractivity contribution in [3.05, 3.63) is 75.5 Å². The molecule has 32 heavy (non-hydrogen) atoms. The summed E-state index contributed by atoms with van der Waals surface area (Å²) in [6.07, 6.45) is 2.68. The second-order valence-electron chi connectivity index (χ2n) is 7.74. The Balaban J connectivity index is 1.71. The first-order valence-corrected chi connectivity index (χ1v) is 11.9. The maximum absolute atomic E-state index is 13.2. The molecule has 2 heterocycles. The summed E-state index contributed by atoms with van der Waals surface area (Å²) in [5.41, 5.74) is 2.88. The summed E-state index contributed by atoms with van der Waals surface area (Å²) in [6.45, 7) is 8.84. The summed E-state index contributed by atoms with van der Waals surface area (Å²) >= 11 is 7.79. The van der Waals surface area contributed by atoms with Crippen LogP contribution in [0.15, 0.2) is 59.0 Å². The highest BCUT2D eigenvalue weighted by Gasteiger charge is 2.17. The van der Waals surface area contributed by atoms with E-state index in [1.165, 1.54) is 5.56 Å². The molecule has 4 aromatic rings. The van der Waals surface area contributed by atoms with E-state index in [-0.39, 0.29) is 11.7 Å². The number of rotatable bonds is 9. The second kappa shape index (κ2) is 9.90. The summed E-state index contributed by atoms with van der Waals surface area (Å²) in [6, 6.07) is 13.6. The molecule has 6 nitrogen and oxygen atoms in total. The molecule has 0 atom stereocenters. The summed E-state index contributed by atoms with van der Waals surface area (Å²) in [5.74, 6) is 1.26. The third kappa shape index (κ3) is 4.75. The standard InChI is InChI=1S/C24H25ClN4O2S/c1-4-17-6-8-18(9-7-17)15-32-24-27-26-23-28(12-5-13-31-16(2)3)22(30)20-14-19(25)10-11-21(20)29(23)24/h4,6-11,14,16H,1,5,12-13,15H2,2-3H3. The number of thioether (sulfide) groups is 1. The minimum atomic E-state index is -0.122. The van der Waals surface area contributed by atoms with Gasteiger partial charge in [0.05, 0.1) is 17.0 Å². The number of hydrogen-bond acceptors (Lipinski definition) is 5. The molecule has 0 aliphatic rings. The summed E-state index contributed by atoms with van der Waals surface area (Å²) in [5, 5.41) is 10.6. The number of nitrogens with zero attached hydrogens (tertiary/aromatic N) is 4. The fourth-order valence-electron chi connectivity index (χ4n) is 3.49. The van der Waals surface area contributed by atoms with Crippen LogP contribution in [-0.4, -0.2) is 31.9 Å². The van der Waals surface area contributed by atoms with Gasteiger partial charge in [-0.3, -0.25) is 13.8 Å². The van der Waals surface area contributed by atoms with Gasteiger partial charge in [-0.15, -0.1) is 10.2 Å². The maximum atomic E-state index is 13.2. The Labute approximate surface area is 195 Å². The van der Waals surface area contributed by atoms with Crippen molar-refractivity contribution in [2.75, 3.05) is 6.61 Å². The Hall–Kier alpha value is -2.61. The lowest BCUT2D eigenvalue weighted by Crippen LogP contribution is -2.24.